The SMILES string of the molecule is CC1(C)OC(C)(C)/C(=C/c2cc(-c3ccc(Cl)cc3)ccc2C(F)(F)F)C1=O. The standard InChI is InChI=1S/C22H20ClF3O2/c1-20(2)18(19(27)21(3,4)28-20)12-15-11-14(7-10-17(15)22(24,25)26)13-5-8-16(23)9-6-13/h5-12H,1-4H3/b18-12+. The summed E-state index contributed by atoms with van der Waals surface area (Å²) in [5.74, 6) is -0.317. The molecule has 0 aliphatic carbocycles. The first-order valence-corrected chi connectivity index (χ1v) is 9.13. The average Bonchev–Trinajstić information content (AvgIpc) is 2.72. The molecule has 6 heteroatoms. The molecule has 1 fully saturated rings. The van der Waals surface area contributed by atoms with E-state index in [1.54, 1.807) is 52.0 Å². The van der Waals surface area contributed by atoms with Crippen molar-refractivity contribution in [3.63, 3.8) is 0 Å². The summed E-state index contributed by atoms with van der Waals surface area (Å²) in [5, 5.41) is 0.538. The van der Waals surface area contributed by atoms with Gasteiger partial charge < -0.3 is 4.74 Å². The van der Waals surface area contributed by atoms with E-state index in [1.807, 2.05) is 0 Å². The van der Waals surface area contributed by atoms with Crippen molar-refractivity contribution in [1.82, 2.24) is 0 Å². The largest absolute Gasteiger partial charge is 0.416 e. The molecule has 3 rings (SSSR count). The Morgan fingerprint density at radius 1 is 0.929 bits per heavy atom. The van der Waals surface area contributed by atoms with Gasteiger partial charge in [-0.15, -0.1) is 0 Å². The number of hydrogen-bond acceptors (Lipinski definition) is 2. The summed E-state index contributed by atoms with van der Waals surface area (Å²) in [4.78, 5) is 12.7. The van der Waals surface area contributed by atoms with Crippen molar-refractivity contribution in [3.8, 4) is 11.1 Å². The number of rotatable bonds is 2. The second-order valence-corrected chi connectivity index (χ2v) is 8.25. The van der Waals surface area contributed by atoms with E-state index in [0.29, 0.717) is 10.6 Å². The van der Waals surface area contributed by atoms with Crippen molar-refractivity contribution in [2.24, 2.45) is 0 Å². The van der Waals surface area contributed by atoms with E-state index >= 15 is 0 Å². The first kappa shape index (κ1) is 20.6. The lowest BCUT2D eigenvalue weighted by Crippen LogP contribution is -2.29. The fourth-order valence-corrected chi connectivity index (χ4v) is 3.62. The van der Waals surface area contributed by atoms with Gasteiger partial charge in [0.25, 0.3) is 0 Å². The van der Waals surface area contributed by atoms with E-state index in [0.717, 1.165) is 11.6 Å². The lowest BCUT2D eigenvalue weighted by atomic mass is 9.89. The van der Waals surface area contributed by atoms with Crippen LogP contribution in [0.3, 0.4) is 0 Å². The Morgan fingerprint density at radius 2 is 1.50 bits per heavy atom. The van der Waals surface area contributed by atoms with Gasteiger partial charge in [-0.25, -0.2) is 0 Å². The van der Waals surface area contributed by atoms with E-state index in [1.165, 1.54) is 18.2 Å². The molecule has 2 nitrogen and oxygen atoms in total. The number of hydrogen-bond donors (Lipinski definition) is 0. The molecule has 148 valence electrons. The molecule has 0 saturated carbocycles. The van der Waals surface area contributed by atoms with E-state index in [4.69, 9.17) is 16.3 Å². The second kappa shape index (κ2) is 6.75. The molecule has 0 amide bonds. The van der Waals surface area contributed by atoms with Crippen molar-refractivity contribution in [3.05, 3.63) is 64.2 Å². The molecule has 0 N–H and O–H groups in total. The number of carbonyl (C=O) groups is 1. The van der Waals surface area contributed by atoms with Crippen LogP contribution in [-0.4, -0.2) is 17.0 Å². The first-order valence-electron chi connectivity index (χ1n) is 8.76. The van der Waals surface area contributed by atoms with Crippen LogP contribution in [0.4, 0.5) is 13.2 Å². The summed E-state index contributed by atoms with van der Waals surface area (Å²) in [6.07, 6.45) is -3.24. The average molecular weight is 409 g/mol. The first-order chi connectivity index (χ1) is 12.8. The summed E-state index contributed by atoms with van der Waals surface area (Å²) in [7, 11) is 0. The molecule has 0 radical (unpaired) electrons. The highest BCUT2D eigenvalue weighted by Crippen LogP contribution is 2.42. The third-order valence-corrected chi connectivity index (χ3v) is 5.04. The number of ether oxygens (including phenoxy) is 1. The number of carbonyl (C=O) groups excluding carboxylic acids is 1. The molecule has 2 aromatic carbocycles. The molecule has 1 heterocycles. The van der Waals surface area contributed by atoms with Gasteiger partial charge >= 0.3 is 6.18 Å². The maximum absolute atomic E-state index is 13.6. The molecule has 1 aliphatic heterocycles. The summed E-state index contributed by atoms with van der Waals surface area (Å²) >= 11 is 5.89. The fraction of sp³-hybridized carbons (Fsp3) is 0.318. The van der Waals surface area contributed by atoms with Crippen LogP contribution in [0.25, 0.3) is 17.2 Å². The van der Waals surface area contributed by atoms with Gasteiger partial charge in [0.05, 0.1) is 11.2 Å². The summed E-state index contributed by atoms with van der Waals surface area (Å²) < 4.78 is 46.5. The van der Waals surface area contributed by atoms with Gasteiger partial charge in [0.1, 0.15) is 5.60 Å². The third kappa shape index (κ3) is 3.87. The molecule has 28 heavy (non-hydrogen) atoms. The smallest absolute Gasteiger partial charge is 0.357 e. The van der Waals surface area contributed by atoms with Crippen molar-refractivity contribution in [2.45, 2.75) is 45.1 Å². The van der Waals surface area contributed by atoms with Gasteiger partial charge in [0, 0.05) is 10.6 Å². The Labute approximate surface area is 167 Å². The molecule has 2 aromatic rings. The Hall–Kier alpha value is -2.11. The molecule has 0 atom stereocenters. The molecular formula is C22H20ClF3O2. The molecule has 0 spiro atoms. The quantitative estimate of drug-likeness (QED) is 0.525. The Balaban J connectivity index is 2.19. The molecule has 1 saturated heterocycles. The van der Waals surface area contributed by atoms with Crippen molar-refractivity contribution in [1.29, 1.82) is 0 Å². The van der Waals surface area contributed by atoms with Crippen molar-refractivity contribution >= 4 is 23.5 Å². The minimum absolute atomic E-state index is 0.0716. The predicted octanol–water partition coefficient (Wildman–Crippen LogP) is 6.57. The number of Topliss-reactive ketones (excluding diaryl/α,β-unsaturated/α-hetero) is 1. The van der Waals surface area contributed by atoms with E-state index in [-0.39, 0.29) is 16.9 Å². The van der Waals surface area contributed by atoms with Crippen LogP contribution in [0.2, 0.25) is 5.02 Å². The minimum Gasteiger partial charge on any atom is -0.357 e. The highest BCUT2D eigenvalue weighted by atomic mass is 35.5. The van der Waals surface area contributed by atoms with Crippen LogP contribution in [0.1, 0.15) is 38.8 Å². The summed E-state index contributed by atoms with van der Waals surface area (Å²) in [6.45, 7) is 6.60. The Kier molecular flexibility index (Phi) is 4.97. The summed E-state index contributed by atoms with van der Waals surface area (Å²) in [5.41, 5.74) is -1.40. The molecule has 1 aliphatic rings. The minimum atomic E-state index is -4.55. The number of benzene rings is 2. The lowest BCUT2D eigenvalue weighted by Gasteiger charge is -2.22. The fourth-order valence-electron chi connectivity index (χ4n) is 3.49. The lowest BCUT2D eigenvalue weighted by molar-refractivity contribution is -0.137. The second-order valence-electron chi connectivity index (χ2n) is 7.82. The zero-order chi connectivity index (χ0) is 20.9. The van der Waals surface area contributed by atoms with Gasteiger partial charge in [-0.3, -0.25) is 4.79 Å². The topological polar surface area (TPSA) is 26.3 Å². The monoisotopic (exact) mass is 408 g/mol. The van der Waals surface area contributed by atoms with E-state index in [2.05, 4.69) is 0 Å². The highest BCUT2D eigenvalue weighted by Gasteiger charge is 2.49. The van der Waals surface area contributed by atoms with Gasteiger partial charge in [-0.2, -0.15) is 13.2 Å². The molecule has 0 unspecified atom stereocenters. The zero-order valence-corrected chi connectivity index (χ0v) is 16.7. The maximum atomic E-state index is 13.6. The van der Waals surface area contributed by atoms with Crippen LogP contribution in [0.15, 0.2) is 48.0 Å². The Bertz CT molecular complexity index is 955. The van der Waals surface area contributed by atoms with Gasteiger partial charge in [-0.05, 0) is 74.7 Å². The maximum Gasteiger partial charge on any atom is 0.416 e. The summed E-state index contributed by atoms with van der Waals surface area (Å²) in [6, 6.07) is 10.7. The van der Waals surface area contributed by atoms with Crippen molar-refractivity contribution in [2.75, 3.05) is 0 Å². The van der Waals surface area contributed by atoms with Crippen molar-refractivity contribution < 1.29 is 22.7 Å². The van der Waals surface area contributed by atoms with E-state index in [9.17, 15) is 18.0 Å². The predicted molar refractivity (Wildman–Crippen MR) is 104 cm³/mol. The third-order valence-electron chi connectivity index (χ3n) is 4.78. The van der Waals surface area contributed by atoms with Crippen LogP contribution >= 0.6 is 11.6 Å². The van der Waals surface area contributed by atoms with Gasteiger partial charge in [-0.1, -0.05) is 29.8 Å². The number of alkyl halides is 3. The number of ketones is 1. The van der Waals surface area contributed by atoms with Crippen LogP contribution in [0.5, 0.6) is 0 Å². The van der Waals surface area contributed by atoms with E-state index < -0.39 is 22.9 Å². The molecule has 0 bridgehead atoms. The number of halogens is 4. The zero-order valence-electron chi connectivity index (χ0n) is 15.9. The van der Waals surface area contributed by atoms with Crippen LogP contribution in [-0.2, 0) is 15.7 Å². The molecule has 0 aromatic heterocycles. The van der Waals surface area contributed by atoms with Crippen LogP contribution in [0, 0.1) is 0 Å². The van der Waals surface area contributed by atoms with Crippen LogP contribution < -0.4 is 0 Å². The van der Waals surface area contributed by atoms with Gasteiger partial charge in [0.2, 0.25) is 0 Å². The Morgan fingerprint density at radius 3 is 2.00 bits per heavy atom. The van der Waals surface area contributed by atoms with Gasteiger partial charge in [0.15, 0.2) is 5.78 Å². The normalized spacial score (nSPS) is 20.0. The highest BCUT2D eigenvalue weighted by molar-refractivity contribution is 6.30. The molecular weight excluding hydrogens is 389 g/mol.